The molecule has 88 valence electrons. The Morgan fingerprint density at radius 2 is 2.12 bits per heavy atom. The lowest BCUT2D eigenvalue weighted by atomic mass is 9.90. The Balaban J connectivity index is 3.17. The van der Waals surface area contributed by atoms with E-state index in [2.05, 4.69) is 11.2 Å². The van der Waals surface area contributed by atoms with Crippen LogP contribution >= 0.6 is 0 Å². The van der Waals surface area contributed by atoms with Gasteiger partial charge in [0.2, 0.25) is 0 Å². The molecule has 1 aromatic heterocycles. The van der Waals surface area contributed by atoms with Gasteiger partial charge in [0.05, 0.1) is 18.8 Å². The van der Waals surface area contributed by atoms with E-state index in [9.17, 15) is 0 Å². The number of aromatic nitrogens is 2. The Labute approximate surface area is 95.8 Å². The van der Waals surface area contributed by atoms with Crippen LogP contribution in [0.2, 0.25) is 0 Å². The minimum atomic E-state index is -0.183. The maximum Gasteiger partial charge on any atom is 0.140 e. The van der Waals surface area contributed by atoms with E-state index >= 15 is 0 Å². The highest BCUT2D eigenvalue weighted by atomic mass is 16.5. The smallest absolute Gasteiger partial charge is 0.140 e. The molecule has 0 bridgehead atoms. The van der Waals surface area contributed by atoms with Gasteiger partial charge in [0.25, 0.3) is 0 Å². The van der Waals surface area contributed by atoms with Gasteiger partial charge in [-0.05, 0) is 0 Å². The van der Waals surface area contributed by atoms with Gasteiger partial charge in [0.15, 0.2) is 0 Å². The molecule has 0 radical (unpaired) electrons. The number of ether oxygens (including phenoxy) is 1. The second-order valence-electron chi connectivity index (χ2n) is 4.69. The zero-order valence-corrected chi connectivity index (χ0v) is 10.2. The predicted octanol–water partition coefficient (Wildman–Crippen LogP) is 1.28. The van der Waals surface area contributed by atoms with Crippen LogP contribution in [-0.2, 0) is 16.7 Å². The Bertz CT molecular complexity index is 409. The average molecular weight is 222 g/mol. The second kappa shape index (κ2) is 4.54. The van der Waals surface area contributed by atoms with Crippen molar-refractivity contribution >= 4 is 5.82 Å². The quantitative estimate of drug-likeness (QED) is 0.835. The molecule has 1 aromatic rings. The van der Waals surface area contributed by atoms with Crippen molar-refractivity contribution in [2.24, 2.45) is 0 Å². The Morgan fingerprint density at radius 1 is 1.50 bits per heavy atom. The fourth-order valence-electron chi connectivity index (χ4n) is 1.46. The summed E-state index contributed by atoms with van der Waals surface area (Å²) in [4.78, 5) is 0. The number of hydrogen-bond acceptors (Lipinski definition) is 4. The molecule has 2 N–H and O–H groups in total. The molecule has 0 aliphatic heterocycles. The second-order valence-corrected chi connectivity index (χ2v) is 4.69. The van der Waals surface area contributed by atoms with Crippen LogP contribution in [0.3, 0.4) is 0 Å². The summed E-state index contributed by atoms with van der Waals surface area (Å²) >= 11 is 0. The third kappa shape index (κ3) is 2.34. The number of methoxy groups -OCH3 is 1. The molecule has 0 unspecified atom stereocenters. The summed E-state index contributed by atoms with van der Waals surface area (Å²) in [6.07, 6.45) is 0. The highest BCUT2D eigenvalue weighted by Gasteiger charge is 2.25. The van der Waals surface area contributed by atoms with E-state index in [1.807, 2.05) is 20.8 Å². The van der Waals surface area contributed by atoms with Crippen molar-refractivity contribution in [3.63, 3.8) is 0 Å². The third-order valence-corrected chi connectivity index (χ3v) is 2.32. The maximum atomic E-state index is 9.09. The molecule has 1 rings (SSSR count). The van der Waals surface area contributed by atoms with Gasteiger partial charge < -0.3 is 10.5 Å². The van der Waals surface area contributed by atoms with Crippen LogP contribution in [0.4, 0.5) is 5.82 Å². The van der Waals surface area contributed by atoms with Crippen LogP contribution in [0, 0.1) is 11.3 Å². The van der Waals surface area contributed by atoms with Crippen molar-refractivity contribution in [2.75, 3.05) is 19.5 Å². The van der Waals surface area contributed by atoms with Gasteiger partial charge in [-0.3, -0.25) is 0 Å². The van der Waals surface area contributed by atoms with Crippen LogP contribution in [0.5, 0.6) is 0 Å². The first-order chi connectivity index (χ1) is 7.41. The van der Waals surface area contributed by atoms with E-state index in [0.717, 1.165) is 5.69 Å². The summed E-state index contributed by atoms with van der Waals surface area (Å²) in [5.74, 6) is 0.421. The van der Waals surface area contributed by atoms with Crippen molar-refractivity contribution in [2.45, 2.75) is 32.7 Å². The highest BCUT2D eigenvalue weighted by Crippen LogP contribution is 2.27. The molecule has 5 heteroatoms. The lowest BCUT2D eigenvalue weighted by Crippen LogP contribution is -2.15. The lowest BCUT2D eigenvalue weighted by molar-refractivity contribution is 0.184. The van der Waals surface area contributed by atoms with E-state index in [4.69, 9.17) is 15.7 Å². The average Bonchev–Trinajstić information content (AvgIpc) is 2.51. The minimum Gasteiger partial charge on any atom is -0.383 e. The number of anilines is 1. The van der Waals surface area contributed by atoms with Crippen molar-refractivity contribution in [3.05, 3.63) is 11.3 Å². The van der Waals surface area contributed by atoms with Gasteiger partial charge in [-0.1, -0.05) is 20.8 Å². The van der Waals surface area contributed by atoms with E-state index in [1.165, 1.54) is 0 Å². The first kappa shape index (κ1) is 12.5. The van der Waals surface area contributed by atoms with E-state index in [0.29, 0.717) is 24.5 Å². The number of nitrogens with zero attached hydrogens (tertiary/aromatic N) is 3. The molecule has 0 amide bonds. The zero-order valence-electron chi connectivity index (χ0n) is 10.2. The molecule has 1 heterocycles. The molecule has 0 saturated carbocycles. The summed E-state index contributed by atoms with van der Waals surface area (Å²) in [7, 11) is 1.62. The molecule has 0 aliphatic carbocycles. The lowest BCUT2D eigenvalue weighted by Gasteiger charge is -2.15. The molecule has 0 aliphatic rings. The molecular weight excluding hydrogens is 204 g/mol. The number of nitrogen functional groups attached to an aromatic ring is 1. The molecule has 0 aromatic carbocycles. The van der Waals surface area contributed by atoms with Crippen LogP contribution in [0.25, 0.3) is 0 Å². The third-order valence-electron chi connectivity index (χ3n) is 2.32. The molecule has 0 saturated heterocycles. The van der Waals surface area contributed by atoms with Gasteiger partial charge in [0.1, 0.15) is 17.5 Å². The molecule has 0 fully saturated rings. The van der Waals surface area contributed by atoms with Gasteiger partial charge in [-0.25, -0.2) is 4.68 Å². The number of nitriles is 1. The van der Waals surface area contributed by atoms with Crippen LogP contribution < -0.4 is 5.73 Å². The maximum absolute atomic E-state index is 9.09. The Hall–Kier alpha value is -1.54. The standard InChI is InChI=1S/C11H18N4O/c1-11(2,3)9-8(7-12)10(13)15(14-9)5-6-16-4/h5-6,13H2,1-4H3. The van der Waals surface area contributed by atoms with Crippen LogP contribution in [0.15, 0.2) is 0 Å². The first-order valence-electron chi connectivity index (χ1n) is 5.17. The van der Waals surface area contributed by atoms with Gasteiger partial charge in [0, 0.05) is 12.5 Å². The molecule has 0 atom stereocenters. The Kier molecular flexibility index (Phi) is 3.55. The van der Waals surface area contributed by atoms with Gasteiger partial charge >= 0.3 is 0 Å². The summed E-state index contributed by atoms with van der Waals surface area (Å²) in [5.41, 5.74) is 6.91. The summed E-state index contributed by atoms with van der Waals surface area (Å²) in [6.45, 7) is 7.12. The molecule has 5 nitrogen and oxygen atoms in total. The fraction of sp³-hybridized carbons (Fsp3) is 0.636. The van der Waals surface area contributed by atoms with Gasteiger partial charge in [-0.2, -0.15) is 10.4 Å². The van der Waals surface area contributed by atoms with Crippen molar-refractivity contribution in [1.82, 2.24) is 9.78 Å². The predicted molar refractivity (Wildman–Crippen MR) is 61.9 cm³/mol. The largest absolute Gasteiger partial charge is 0.383 e. The van der Waals surface area contributed by atoms with E-state index in [-0.39, 0.29) is 5.41 Å². The van der Waals surface area contributed by atoms with Crippen molar-refractivity contribution in [1.29, 1.82) is 5.26 Å². The highest BCUT2D eigenvalue weighted by molar-refractivity contribution is 5.53. The fourth-order valence-corrected chi connectivity index (χ4v) is 1.46. The molecule has 16 heavy (non-hydrogen) atoms. The topological polar surface area (TPSA) is 76.9 Å². The SMILES string of the molecule is COCCn1nc(C(C)(C)C)c(C#N)c1N. The summed E-state index contributed by atoms with van der Waals surface area (Å²) < 4.78 is 6.60. The van der Waals surface area contributed by atoms with Crippen molar-refractivity contribution < 1.29 is 4.74 Å². The minimum absolute atomic E-state index is 0.183. The van der Waals surface area contributed by atoms with Crippen LogP contribution in [-0.4, -0.2) is 23.5 Å². The summed E-state index contributed by atoms with van der Waals surface area (Å²) in [5, 5.41) is 13.5. The Morgan fingerprint density at radius 3 is 2.50 bits per heavy atom. The molecular formula is C11H18N4O. The van der Waals surface area contributed by atoms with E-state index < -0.39 is 0 Å². The normalized spacial score (nSPS) is 11.4. The van der Waals surface area contributed by atoms with Gasteiger partial charge in [-0.15, -0.1) is 0 Å². The molecule has 0 spiro atoms. The number of rotatable bonds is 3. The first-order valence-corrected chi connectivity index (χ1v) is 5.17. The van der Waals surface area contributed by atoms with Crippen LogP contribution in [0.1, 0.15) is 32.0 Å². The monoisotopic (exact) mass is 222 g/mol. The number of nitrogens with two attached hydrogens (primary N) is 1. The zero-order chi connectivity index (χ0) is 12.3. The van der Waals surface area contributed by atoms with Crippen molar-refractivity contribution in [3.8, 4) is 6.07 Å². The number of hydrogen-bond donors (Lipinski definition) is 1. The van der Waals surface area contributed by atoms with E-state index in [1.54, 1.807) is 11.8 Å². The summed E-state index contributed by atoms with van der Waals surface area (Å²) in [6, 6.07) is 2.12.